The Morgan fingerprint density at radius 2 is 1.75 bits per heavy atom. The van der Waals surface area contributed by atoms with Crippen molar-refractivity contribution in [3.63, 3.8) is 0 Å². The molecule has 2 N–H and O–H groups in total. The molecule has 2 aromatic rings. The van der Waals surface area contributed by atoms with Gasteiger partial charge in [0.15, 0.2) is 0 Å². The average molecular weight is 288 g/mol. The first-order valence-electron chi connectivity index (χ1n) is 7.18. The van der Waals surface area contributed by atoms with Crippen LogP contribution in [0.1, 0.15) is 33.8 Å². The van der Waals surface area contributed by atoms with Crippen molar-refractivity contribution in [1.29, 1.82) is 0 Å². The summed E-state index contributed by atoms with van der Waals surface area (Å²) in [7, 11) is 2.15. The molecule has 0 fully saturated rings. The molecule has 0 aliphatic heterocycles. The van der Waals surface area contributed by atoms with Gasteiger partial charge < -0.3 is 5.73 Å². The predicted octanol–water partition coefficient (Wildman–Crippen LogP) is 3.75. The molecule has 1 unspecified atom stereocenters. The number of hydrogen-bond acceptors (Lipinski definition) is 3. The number of nitrogens with zero attached hydrogens (tertiary/aromatic N) is 1. The lowest BCUT2D eigenvalue weighted by molar-refractivity contribution is 0.245. The first-order valence-corrected chi connectivity index (χ1v) is 8.00. The van der Waals surface area contributed by atoms with Crippen LogP contribution in [-0.2, 0) is 13.0 Å². The largest absolute Gasteiger partial charge is 0.329 e. The maximum Gasteiger partial charge on any atom is 0.0564 e. The van der Waals surface area contributed by atoms with Crippen LogP contribution in [0.15, 0.2) is 36.4 Å². The highest BCUT2D eigenvalue weighted by atomic mass is 32.1. The van der Waals surface area contributed by atoms with Crippen molar-refractivity contribution < 1.29 is 0 Å². The van der Waals surface area contributed by atoms with Gasteiger partial charge in [-0.3, -0.25) is 4.90 Å². The summed E-state index contributed by atoms with van der Waals surface area (Å²) < 4.78 is 0. The Bertz CT molecular complexity index is 530. The molecule has 1 aromatic carbocycles. The Hall–Kier alpha value is -1.16. The second-order valence-electron chi connectivity index (χ2n) is 5.29. The molecule has 1 atom stereocenters. The summed E-state index contributed by atoms with van der Waals surface area (Å²) in [6.07, 6.45) is 1.09. The Kier molecular flexibility index (Phi) is 5.35. The number of rotatable bonds is 6. The fraction of sp³-hybridized carbons (Fsp3) is 0.412. The second kappa shape index (κ2) is 7.02. The van der Waals surface area contributed by atoms with Crippen LogP contribution in [0, 0.1) is 6.92 Å². The Morgan fingerprint density at radius 3 is 2.25 bits per heavy atom. The van der Waals surface area contributed by atoms with Gasteiger partial charge in [0.2, 0.25) is 0 Å². The van der Waals surface area contributed by atoms with E-state index in [-0.39, 0.29) is 0 Å². The number of benzene rings is 1. The van der Waals surface area contributed by atoms with E-state index in [1.54, 1.807) is 0 Å². The quantitative estimate of drug-likeness (QED) is 0.877. The summed E-state index contributed by atoms with van der Waals surface area (Å²) in [5, 5.41) is 0. The maximum absolute atomic E-state index is 5.98. The minimum absolute atomic E-state index is 0.305. The lowest BCUT2D eigenvalue weighted by atomic mass is 10.1. The molecule has 0 spiro atoms. The van der Waals surface area contributed by atoms with Gasteiger partial charge in [0.05, 0.1) is 6.04 Å². The molecule has 0 aliphatic rings. The molecular weight excluding hydrogens is 264 g/mol. The summed E-state index contributed by atoms with van der Waals surface area (Å²) in [5.41, 5.74) is 8.71. The fourth-order valence-corrected chi connectivity index (χ4v) is 3.48. The van der Waals surface area contributed by atoms with Crippen LogP contribution in [0.4, 0.5) is 0 Å². The van der Waals surface area contributed by atoms with Gasteiger partial charge in [-0.1, -0.05) is 31.2 Å². The van der Waals surface area contributed by atoms with E-state index in [0.717, 1.165) is 13.0 Å². The normalized spacial score (nSPS) is 12.8. The average Bonchev–Trinajstić information content (AvgIpc) is 2.87. The second-order valence-corrected chi connectivity index (χ2v) is 6.60. The van der Waals surface area contributed by atoms with Crippen molar-refractivity contribution in [2.24, 2.45) is 5.73 Å². The van der Waals surface area contributed by atoms with E-state index >= 15 is 0 Å². The van der Waals surface area contributed by atoms with Crippen LogP contribution in [0.5, 0.6) is 0 Å². The number of aryl methyl sites for hydroxylation is 2. The van der Waals surface area contributed by atoms with Gasteiger partial charge >= 0.3 is 0 Å². The lowest BCUT2D eigenvalue weighted by Gasteiger charge is -2.26. The van der Waals surface area contributed by atoms with Crippen LogP contribution in [0.25, 0.3) is 0 Å². The van der Waals surface area contributed by atoms with Crippen LogP contribution >= 0.6 is 11.3 Å². The van der Waals surface area contributed by atoms with Gasteiger partial charge in [-0.05, 0) is 43.7 Å². The van der Waals surface area contributed by atoms with Crippen molar-refractivity contribution >= 4 is 11.3 Å². The third kappa shape index (κ3) is 3.69. The highest BCUT2D eigenvalue weighted by Crippen LogP contribution is 2.27. The summed E-state index contributed by atoms with van der Waals surface area (Å²) >= 11 is 1.84. The minimum atomic E-state index is 0.305. The lowest BCUT2D eigenvalue weighted by Crippen LogP contribution is -2.29. The molecule has 3 heteroatoms. The smallest absolute Gasteiger partial charge is 0.0564 e. The third-order valence-electron chi connectivity index (χ3n) is 3.71. The fourth-order valence-electron chi connectivity index (χ4n) is 2.42. The van der Waals surface area contributed by atoms with E-state index in [4.69, 9.17) is 5.73 Å². The molecule has 0 saturated heterocycles. The Labute approximate surface area is 126 Å². The SMILES string of the molecule is CCc1ccc(CN(C)C(CN)c2ccc(C)s2)cc1. The van der Waals surface area contributed by atoms with Gasteiger partial charge in [0.1, 0.15) is 0 Å². The van der Waals surface area contributed by atoms with Crippen LogP contribution in [-0.4, -0.2) is 18.5 Å². The van der Waals surface area contributed by atoms with Crippen molar-refractivity contribution in [1.82, 2.24) is 4.90 Å². The number of hydrogen-bond donors (Lipinski definition) is 1. The van der Waals surface area contributed by atoms with Gasteiger partial charge in [0, 0.05) is 22.8 Å². The van der Waals surface area contributed by atoms with E-state index in [9.17, 15) is 0 Å². The van der Waals surface area contributed by atoms with Gasteiger partial charge in [-0.15, -0.1) is 11.3 Å². The standard InChI is InChI=1S/C17H24N2S/c1-4-14-6-8-15(9-7-14)12-19(3)16(11-18)17-10-5-13(2)20-17/h5-10,16H,4,11-12,18H2,1-3H3. The number of thiophene rings is 1. The molecule has 0 radical (unpaired) electrons. The van der Waals surface area contributed by atoms with Crippen molar-refractivity contribution in [2.75, 3.05) is 13.6 Å². The van der Waals surface area contributed by atoms with Crippen molar-refractivity contribution in [3.05, 3.63) is 57.3 Å². The molecule has 20 heavy (non-hydrogen) atoms. The summed E-state index contributed by atoms with van der Waals surface area (Å²) in [6.45, 7) is 5.92. The summed E-state index contributed by atoms with van der Waals surface area (Å²) in [5.74, 6) is 0. The molecule has 0 saturated carbocycles. The van der Waals surface area contributed by atoms with Crippen LogP contribution in [0.3, 0.4) is 0 Å². The van der Waals surface area contributed by atoms with E-state index < -0.39 is 0 Å². The topological polar surface area (TPSA) is 29.3 Å². The molecule has 1 heterocycles. The Balaban J connectivity index is 2.06. The molecule has 0 aliphatic carbocycles. The zero-order valence-electron chi connectivity index (χ0n) is 12.6. The predicted molar refractivity (Wildman–Crippen MR) is 88.1 cm³/mol. The highest BCUT2D eigenvalue weighted by Gasteiger charge is 2.17. The van der Waals surface area contributed by atoms with Crippen molar-refractivity contribution in [2.45, 2.75) is 32.9 Å². The molecule has 0 amide bonds. The van der Waals surface area contributed by atoms with Crippen LogP contribution in [0.2, 0.25) is 0 Å². The number of likely N-dealkylation sites (N-methyl/N-ethyl adjacent to an activating group) is 1. The van der Waals surface area contributed by atoms with E-state index in [1.807, 2.05) is 11.3 Å². The number of nitrogens with two attached hydrogens (primary N) is 1. The minimum Gasteiger partial charge on any atom is -0.329 e. The summed E-state index contributed by atoms with van der Waals surface area (Å²) in [6, 6.07) is 13.6. The molecule has 1 aromatic heterocycles. The highest BCUT2D eigenvalue weighted by molar-refractivity contribution is 7.12. The molecule has 2 nitrogen and oxygen atoms in total. The van der Waals surface area contributed by atoms with Gasteiger partial charge in [-0.25, -0.2) is 0 Å². The van der Waals surface area contributed by atoms with E-state index in [0.29, 0.717) is 12.6 Å². The first-order chi connectivity index (χ1) is 9.63. The van der Waals surface area contributed by atoms with Gasteiger partial charge in [0.25, 0.3) is 0 Å². The van der Waals surface area contributed by atoms with E-state index in [2.05, 4.69) is 62.2 Å². The molecule has 108 valence electrons. The first kappa shape index (κ1) is 15.2. The summed E-state index contributed by atoms with van der Waals surface area (Å²) in [4.78, 5) is 5.04. The maximum atomic E-state index is 5.98. The van der Waals surface area contributed by atoms with Gasteiger partial charge in [-0.2, -0.15) is 0 Å². The Morgan fingerprint density at radius 1 is 1.10 bits per heavy atom. The third-order valence-corrected chi connectivity index (χ3v) is 4.81. The zero-order chi connectivity index (χ0) is 14.5. The molecule has 2 rings (SSSR count). The molecular formula is C17H24N2S. The van der Waals surface area contributed by atoms with Crippen LogP contribution < -0.4 is 5.73 Å². The van der Waals surface area contributed by atoms with Crippen molar-refractivity contribution in [3.8, 4) is 0 Å². The van der Waals surface area contributed by atoms with E-state index in [1.165, 1.54) is 20.9 Å². The molecule has 0 bridgehead atoms. The monoisotopic (exact) mass is 288 g/mol. The zero-order valence-corrected chi connectivity index (χ0v) is 13.4.